The predicted octanol–water partition coefficient (Wildman–Crippen LogP) is 4.30. The van der Waals surface area contributed by atoms with Crippen LogP contribution in [-0.4, -0.2) is 25.0 Å². The monoisotopic (exact) mass is 414 g/mol. The van der Waals surface area contributed by atoms with Gasteiger partial charge in [0.1, 0.15) is 0 Å². The molecule has 5 aliphatic carbocycles. The minimum Gasteiger partial charge on any atom is -0.469 e. The van der Waals surface area contributed by atoms with Crippen LogP contribution in [0, 0.1) is 51.8 Å². The van der Waals surface area contributed by atoms with Crippen molar-refractivity contribution in [2.45, 2.75) is 66.2 Å². The highest BCUT2D eigenvalue weighted by atomic mass is 16.6. The molecule has 0 radical (unpaired) electrons. The number of rotatable bonds is 2. The predicted molar refractivity (Wildman–Crippen MR) is 110 cm³/mol. The summed E-state index contributed by atoms with van der Waals surface area (Å²) in [5.74, 6) is -0.405. The zero-order valence-corrected chi connectivity index (χ0v) is 18.8. The van der Waals surface area contributed by atoms with Crippen LogP contribution in [0.4, 0.5) is 0 Å². The van der Waals surface area contributed by atoms with Crippen molar-refractivity contribution in [3.63, 3.8) is 0 Å². The van der Waals surface area contributed by atoms with E-state index in [0.717, 1.165) is 38.5 Å². The smallest absolute Gasteiger partial charge is 0.318 e. The van der Waals surface area contributed by atoms with E-state index in [2.05, 4.69) is 33.8 Å². The van der Waals surface area contributed by atoms with Gasteiger partial charge in [-0.2, -0.15) is 0 Å². The third-order valence-corrected chi connectivity index (χ3v) is 10.1. The summed E-state index contributed by atoms with van der Waals surface area (Å²) in [5.41, 5.74) is 0.499. The van der Waals surface area contributed by atoms with Crippen molar-refractivity contribution >= 4 is 17.9 Å². The molecule has 1 aliphatic heterocycles. The van der Waals surface area contributed by atoms with Crippen LogP contribution in [0.3, 0.4) is 0 Å². The molecule has 0 aromatic carbocycles. The number of hydrogen-bond acceptors (Lipinski definition) is 5. The van der Waals surface area contributed by atoms with E-state index in [4.69, 9.17) is 9.47 Å². The second kappa shape index (κ2) is 6.20. The molecule has 8 atom stereocenters. The van der Waals surface area contributed by atoms with Gasteiger partial charge in [-0.15, -0.1) is 0 Å². The first-order valence-electron chi connectivity index (χ1n) is 11.7. The number of hydrogen-bond donors (Lipinski definition) is 0. The Hall–Kier alpha value is -1.65. The summed E-state index contributed by atoms with van der Waals surface area (Å²) in [6.45, 7) is 8.82. The lowest BCUT2D eigenvalue weighted by molar-refractivity contribution is -0.196. The summed E-state index contributed by atoms with van der Waals surface area (Å²) in [7, 11) is 1.49. The molecule has 8 unspecified atom stereocenters. The van der Waals surface area contributed by atoms with Gasteiger partial charge in [-0.3, -0.25) is 14.4 Å². The van der Waals surface area contributed by atoms with Crippen molar-refractivity contribution in [3.8, 4) is 0 Å². The molecular formula is C25H34O5. The van der Waals surface area contributed by atoms with E-state index < -0.39 is 5.41 Å². The van der Waals surface area contributed by atoms with Crippen LogP contribution in [0.25, 0.3) is 0 Å². The molecule has 5 heteroatoms. The molecule has 164 valence electrons. The molecule has 4 fully saturated rings. The largest absolute Gasteiger partial charge is 0.469 e. The Kier molecular flexibility index (Phi) is 4.19. The maximum atomic E-state index is 12.9. The van der Waals surface area contributed by atoms with E-state index in [1.165, 1.54) is 12.7 Å². The standard InChI is InChI=1S/C25H34O5/c1-13(2)15-12-25-10-7-16-23(3,8-6-9-24(16,4)22(28)29-5)17(25)11-14(15)18-19(25)21(27)30-20(18)26/h12-14,16-19H,6-11H2,1-5H3. The van der Waals surface area contributed by atoms with Crippen molar-refractivity contribution in [1.29, 1.82) is 0 Å². The third kappa shape index (κ3) is 2.22. The fraction of sp³-hybridized carbons (Fsp3) is 0.800. The number of carbonyl (C=O) groups excluding carboxylic acids is 3. The molecule has 2 bridgehead atoms. The van der Waals surface area contributed by atoms with E-state index in [9.17, 15) is 14.4 Å². The highest BCUT2D eigenvalue weighted by Gasteiger charge is 2.73. The van der Waals surface area contributed by atoms with Gasteiger partial charge in [0, 0.05) is 5.41 Å². The first-order valence-corrected chi connectivity index (χ1v) is 11.7. The van der Waals surface area contributed by atoms with E-state index in [1.54, 1.807) is 0 Å². The van der Waals surface area contributed by atoms with Crippen LogP contribution in [0.5, 0.6) is 0 Å². The zero-order valence-electron chi connectivity index (χ0n) is 18.8. The maximum absolute atomic E-state index is 12.9. The van der Waals surface area contributed by atoms with Gasteiger partial charge in [0.05, 0.1) is 24.4 Å². The van der Waals surface area contributed by atoms with Gasteiger partial charge >= 0.3 is 17.9 Å². The van der Waals surface area contributed by atoms with Gasteiger partial charge in [-0.05, 0) is 68.1 Å². The van der Waals surface area contributed by atoms with Crippen LogP contribution in [0.2, 0.25) is 0 Å². The lowest BCUT2D eigenvalue weighted by Gasteiger charge is -2.68. The Bertz CT molecular complexity index is 858. The molecule has 6 aliphatic rings. The number of cyclic esters (lactones) is 2. The van der Waals surface area contributed by atoms with Crippen LogP contribution in [0.15, 0.2) is 11.6 Å². The van der Waals surface area contributed by atoms with Gasteiger partial charge in [0.2, 0.25) is 0 Å². The van der Waals surface area contributed by atoms with Gasteiger partial charge < -0.3 is 9.47 Å². The topological polar surface area (TPSA) is 69.7 Å². The van der Waals surface area contributed by atoms with E-state index >= 15 is 0 Å². The molecule has 1 saturated heterocycles. The first kappa shape index (κ1) is 20.3. The summed E-state index contributed by atoms with van der Waals surface area (Å²) in [4.78, 5) is 38.5. The van der Waals surface area contributed by atoms with Gasteiger partial charge in [-0.1, -0.05) is 38.8 Å². The number of ether oxygens (including phenoxy) is 2. The number of methoxy groups -OCH3 is 1. The molecule has 3 saturated carbocycles. The second-order valence-electron chi connectivity index (χ2n) is 11.4. The van der Waals surface area contributed by atoms with Crippen LogP contribution < -0.4 is 0 Å². The van der Waals surface area contributed by atoms with Crippen molar-refractivity contribution in [1.82, 2.24) is 0 Å². The quantitative estimate of drug-likeness (QED) is 0.383. The van der Waals surface area contributed by atoms with Crippen molar-refractivity contribution in [3.05, 3.63) is 11.6 Å². The number of esters is 3. The number of fused-ring (bicyclic) bond motifs is 1. The van der Waals surface area contributed by atoms with Crippen molar-refractivity contribution in [2.75, 3.05) is 7.11 Å². The van der Waals surface area contributed by atoms with Gasteiger partial charge in [-0.25, -0.2) is 0 Å². The molecule has 6 rings (SSSR count). The summed E-state index contributed by atoms with van der Waals surface area (Å²) in [5, 5.41) is 0. The third-order valence-electron chi connectivity index (χ3n) is 10.1. The first-order chi connectivity index (χ1) is 14.1. The lowest BCUT2D eigenvalue weighted by atomic mass is 9.34. The summed E-state index contributed by atoms with van der Waals surface area (Å²) in [6, 6.07) is 0. The van der Waals surface area contributed by atoms with Crippen molar-refractivity contribution in [2.24, 2.45) is 51.8 Å². The fourth-order valence-electron chi connectivity index (χ4n) is 8.98. The molecule has 1 spiro atoms. The Balaban J connectivity index is 1.65. The normalized spacial score (nSPS) is 49.1. The van der Waals surface area contributed by atoms with Crippen LogP contribution in [0.1, 0.15) is 66.2 Å². The van der Waals surface area contributed by atoms with Gasteiger partial charge in [0.15, 0.2) is 0 Å². The molecule has 0 aromatic heterocycles. The van der Waals surface area contributed by atoms with Gasteiger partial charge in [0.25, 0.3) is 0 Å². The van der Waals surface area contributed by atoms with E-state index in [-0.39, 0.29) is 52.4 Å². The molecular weight excluding hydrogens is 380 g/mol. The maximum Gasteiger partial charge on any atom is 0.318 e. The molecule has 0 N–H and O–H groups in total. The minimum atomic E-state index is -0.476. The van der Waals surface area contributed by atoms with E-state index in [0.29, 0.717) is 11.8 Å². The van der Waals surface area contributed by atoms with Crippen LogP contribution >= 0.6 is 0 Å². The average molecular weight is 415 g/mol. The lowest BCUT2D eigenvalue weighted by Crippen LogP contribution is -2.65. The number of allylic oxidation sites excluding steroid dienone is 2. The zero-order chi connectivity index (χ0) is 21.6. The Morgan fingerprint density at radius 3 is 2.53 bits per heavy atom. The van der Waals surface area contributed by atoms with Crippen LogP contribution in [-0.2, 0) is 23.9 Å². The molecule has 1 heterocycles. The minimum absolute atomic E-state index is 0.0480. The molecule has 0 aromatic rings. The molecule has 5 nitrogen and oxygen atoms in total. The highest BCUT2D eigenvalue weighted by Crippen LogP contribution is 2.74. The summed E-state index contributed by atoms with van der Waals surface area (Å²) < 4.78 is 10.5. The summed E-state index contributed by atoms with van der Waals surface area (Å²) in [6.07, 6.45) is 7.99. The molecule has 0 amide bonds. The fourth-order valence-corrected chi connectivity index (χ4v) is 8.98. The second-order valence-corrected chi connectivity index (χ2v) is 11.4. The Morgan fingerprint density at radius 2 is 1.87 bits per heavy atom. The molecule has 30 heavy (non-hydrogen) atoms. The average Bonchev–Trinajstić information content (AvgIpc) is 3.02. The highest BCUT2D eigenvalue weighted by molar-refractivity contribution is 5.98. The van der Waals surface area contributed by atoms with Crippen molar-refractivity contribution < 1.29 is 23.9 Å². The number of carbonyl (C=O) groups is 3. The van der Waals surface area contributed by atoms with E-state index in [1.807, 2.05) is 0 Å². The SMILES string of the molecule is COC(=O)C1(C)CCCC2(C)C1CCC13C=C(C(C)C)C(CC21)C1C(=O)OC(=O)C13. The Labute approximate surface area is 178 Å². The Morgan fingerprint density at radius 1 is 1.13 bits per heavy atom. The summed E-state index contributed by atoms with van der Waals surface area (Å²) >= 11 is 0.